The number of aliphatic carboxylic acids is 1. The van der Waals surface area contributed by atoms with E-state index in [1.54, 1.807) is 6.33 Å². The van der Waals surface area contributed by atoms with Crippen LogP contribution in [0.2, 0.25) is 0 Å². The molecule has 1 heterocycles. The van der Waals surface area contributed by atoms with Crippen LogP contribution in [0.15, 0.2) is 6.33 Å². The van der Waals surface area contributed by atoms with Crippen LogP contribution in [0.25, 0.3) is 0 Å². The molecule has 1 aromatic rings. The van der Waals surface area contributed by atoms with Gasteiger partial charge in [-0.25, -0.2) is 0 Å². The molecule has 1 aromatic heterocycles. The number of carboxylic acid groups (broad SMARTS) is 1. The molecule has 6 heteroatoms. The molecule has 1 N–H and O–H groups in total. The minimum Gasteiger partial charge on any atom is -0.480 e. The van der Waals surface area contributed by atoms with Crippen LogP contribution < -0.4 is 0 Å². The van der Waals surface area contributed by atoms with E-state index >= 15 is 0 Å². The van der Waals surface area contributed by atoms with Crippen molar-refractivity contribution in [3.05, 3.63) is 12.2 Å². The zero-order valence-corrected chi connectivity index (χ0v) is 8.63. The van der Waals surface area contributed by atoms with Crippen molar-refractivity contribution >= 4 is 5.97 Å². The maximum Gasteiger partial charge on any atom is 0.317 e. The van der Waals surface area contributed by atoms with Crippen molar-refractivity contribution in [3.8, 4) is 0 Å². The molecule has 0 radical (unpaired) electrons. The third kappa shape index (κ3) is 2.53. The largest absolute Gasteiger partial charge is 0.480 e. The van der Waals surface area contributed by atoms with Crippen molar-refractivity contribution in [2.45, 2.75) is 25.4 Å². The van der Waals surface area contributed by atoms with E-state index in [9.17, 15) is 4.79 Å². The first-order valence-electron chi connectivity index (χ1n) is 4.95. The van der Waals surface area contributed by atoms with E-state index in [4.69, 9.17) is 5.11 Å². The van der Waals surface area contributed by atoms with Gasteiger partial charge in [0.1, 0.15) is 12.2 Å². The second kappa shape index (κ2) is 3.98. The molecule has 0 saturated heterocycles. The summed E-state index contributed by atoms with van der Waals surface area (Å²) in [6.45, 7) is 0.644. The molecule has 1 aliphatic carbocycles. The lowest BCUT2D eigenvalue weighted by Crippen LogP contribution is -2.32. The molecule has 1 fully saturated rings. The van der Waals surface area contributed by atoms with Gasteiger partial charge in [0.2, 0.25) is 0 Å². The van der Waals surface area contributed by atoms with Crippen LogP contribution in [-0.4, -0.2) is 43.3 Å². The second-order valence-electron chi connectivity index (χ2n) is 3.89. The molecule has 82 valence electrons. The minimum atomic E-state index is -0.788. The highest BCUT2D eigenvalue weighted by molar-refractivity contribution is 5.69. The summed E-state index contributed by atoms with van der Waals surface area (Å²) >= 11 is 0. The van der Waals surface area contributed by atoms with Gasteiger partial charge in [0.15, 0.2) is 0 Å². The number of hydrogen-bond acceptors (Lipinski definition) is 4. The van der Waals surface area contributed by atoms with Gasteiger partial charge in [-0.2, -0.15) is 0 Å². The Labute approximate surface area is 87.5 Å². The van der Waals surface area contributed by atoms with Gasteiger partial charge < -0.3 is 9.67 Å². The van der Waals surface area contributed by atoms with E-state index in [1.165, 1.54) is 0 Å². The average Bonchev–Trinajstić information content (AvgIpc) is 2.92. The lowest BCUT2D eigenvalue weighted by Gasteiger charge is -2.18. The highest BCUT2D eigenvalue weighted by Crippen LogP contribution is 2.27. The van der Waals surface area contributed by atoms with Crippen LogP contribution in [0.4, 0.5) is 0 Å². The minimum absolute atomic E-state index is 0.0809. The van der Waals surface area contributed by atoms with Gasteiger partial charge >= 0.3 is 5.97 Å². The lowest BCUT2D eigenvalue weighted by atomic mass is 10.4. The molecule has 1 aliphatic rings. The Kier molecular flexibility index (Phi) is 2.68. The fourth-order valence-electron chi connectivity index (χ4n) is 1.56. The number of aryl methyl sites for hydroxylation is 1. The van der Waals surface area contributed by atoms with Crippen molar-refractivity contribution in [2.24, 2.45) is 7.05 Å². The number of nitrogens with zero attached hydrogens (tertiary/aromatic N) is 4. The zero-order chi connectivity index (χ0) is 10.8. The Bertz CT molecular complexity index is 359. The summed E-state index contributed by atoms with van der Waals surface area (Å²) in [7, 11) is 1.86. The quantitative estimate of drug-likeness (QED) is 0.732. The van der Waals surface area contributed by atoms with Gasteiger partial charge in [-0.15, -0.1) is 10.2 Å². The molecule has 0 aliphatic heterocycles. The topological polar surface area (TPSA) is 71.2 Å². The monoisotopic (exact) mass is 210 g/mol. The van der Waals surface area contributed by atoms with E-state index < -0.39 is 5.97 Å². The second-order valence-corrected chi connectivity index (χ2v) is 3.89. The molecular weight excluding hydrogens is 196 g/mol. The van der Waals surface area contributed by atoms with Crippen molar-refractivity contribution in [2.75, 3.05) is 6.54 Å². The van der Waals surface area contributed by atoms with Crippen LogP contribution >= 0.6 is 0 Å². The van der Waals surface area contributed by atoms with Gasteiger partial charge in [0.25, 0.3) is 0 Å². The fraction of sp³-hybridized carbons (Fsp3) is 0.667. The van der Waals surface area contributed by atoms with Gasteiger partial charge in [-0.1, -0.05) is 0 Å². The standard InChI is InChI=1S/C9H14N4O2/c1-12-6-10-11-8(12)4-13(5-9(14)15)7-2-3-7/h6-7H,2-5H2,1H3,(H,14,15). The first-order valence-corrected chi connectivity index (χ1v) is 4.95. The molecule has 0 spiro atoms. The Morgan fingerprint density at radius 3 is 2.93 bits per heavy atom. The molecule has 6 nitrogen and oxygen atoms in total. The summed E-state index contributed by atoms with van der Waals surface area (Å²) in [5.41, 5.74) is 0. The number of carboxylic acids is 1. The summed E-state index contributed by atoms with van der Waals surface area (Å²) < 4.78 is 1.82. The third-order valence-electron chi connectivity index (χ3n) is 2.55. The lowest BCUT2D eigenvalue weighted by molar-refractivity contribution is -0.138. The molecule has 0 unspecified atom stereocenters. The van der Waals surface area contributed by atoms with Gasteiger partial charge in [-0.3, -0.25) is 9.69 Å². The predicted molar refractivity (Wildman–Crippen MR) is 52.1 cm³/mol. The predicted octanol–water partition coefficient (Wildman–Crippen LogP) is -0.136. The highest BCUT2D eigenvalue weighted by Gasteiger charge is 2.31. The summed E-state index contributed by atoms with van der Waals surface area (Å²) in [4.78, 5) is 12.6. The van der Waals surface area contributed by atoms with Gasteiger partial charge in [-0.05, 0) is 12.8 Å². The molecule has 0 amide bonds. The first kappa shape index (κ1) is 10.1. The maximum absolute atomic E-state index is 10.7. The molecule has 0 bridgehead atoms. The summed E-state index contributed by atoms with van der Waals surface area (Å²) in [5, 5.41) is 16.5. The number of rotatable bonds is 5. The smallest absolute Gasteiger partial charge is 0.317 e. The number of hydrogen-bond donors (Lipinski definition) is 1. The molecule has 15 heavy (non-hydrogen) atoms. The normalized spacial score (nSPS) is 15.9. The average molecular weight is 210 g/mol. The summed E-state index contributed by atoms with van der Waals surface area (Å²) in [6.07, 6.45) is 3.80. The van der Waals surface area contributed by atoms with Crippen LogP contribution in [0.1, 0.15) is 18.7 Å². The van der Waals surface area contributed by atoms with E-state index in [-0.39, 0.29) is 6.54 Å². The molecule has 1 saturated carbocycles. The van der Waals surface area contributed by atoms with Crippen molar-refractivity contribution in [3.63, 3.8) is 0 Å². The summed E-state index contributed by atoms with van der Waals surface area (Å²) in [6, 6.07) is 0.415. The fourth-order valence-corrected chi connectivity index (χ4v) is 1.56. The molecule has 0 atom stereocenters. The zero-order valence-electron chi connectivity index (χ0n) is 8.63. The molecule has 2 rings (SSSR count). The van der Waals surface area contributed by atoms with Crippen LogP contribution in [0, 0.1) is 0 Å². The van der Waals surface area contributed by atoms with Gasteiger partial charge in [0.05, 0.1) is 13.1 Å². The Hall–Kier alpha value is -1.43. The van der Waals surface area contributed by atoms with Gasteiger partial charge in [0, 0.05) is 13.1 Å². The summed E-state index contributed by atoms with van der Waals surface area (Å²) in [5.74, 6) is 0.0206. The van der Waals surface area contributed by atoms with E-state index in [0.717, 1.165) is 18.7 Å². The third-order valence-corrected chi connectivity index (χ3v) is 2.55. The van der Waals surface area contributed by atoms with Crippen LogP contribution in [0.5, 0.6) is 0 Å². The van der Waals surface area contributed by atoms with Crippen molar-refractivity contribution < 1.29 is 9.90 Å². The number of carbonyl (C=O) groups is 1. The van der Waals surface area contributed by atoms with E-state index in [0.29, 0.717) is 12.6 Å². The highest BCUT2D eigenvalue weighted by atomic mass is 16.4. The Morgan fingerprint density at radius 1 is 1.73 bits per heavy atom. The van der Waals surface area contributed by atoms with Crippen LogP contribution in [0.3, 0.4) is 0 Å². The van der Waals surface area contributed by atoms with E-state index in [1.807, 2.05) is 16.5 Å². The molecule has 0 aromatic carbocycles. The van der Waals surface area contributed by atoms with Crippen molar-refractivity contribution in [1.29, 1.82) is 0 Å². The Balaban J connectivity index is 2.00. The SMILES string of the molecule is Cn1cnnc1CN(CC(=O)O)C1CC1. The first-order chi connectivity index (χ1) is 7.16. The molecular formula is C9H14N4O2. The van der Waals surface area contributed by atoms with Crippen LogP contribution in [-0.2, 0) is 18.4 Å². The van der Waals surface area contributed by atoms with E-state index in [2.05, 4.69) is 10.2 Å². The maximum atomic E-state index is 10.7. The Morgan fingerprint density at radius 2 is 2.47 bits per heavy atom. The number of aromatic nitrogens is 3. The van der Waals surface area contributed by atoms with Crippen molar-refractivity contribution in [1.82, 2.24) is 19.7 Å².